The summed E-state index contributed by atoms with van der Waals surface area (Å²) in [4.78, 5) is 7.92. The summed E-state index contributed by atoms with van der Waals surface area (Å²) in [7, 11) is -3.09. The van der Waals surface area contributed by atoms with Gasteiger partial charge in [0, 0.05) is 25.3 Å². The summed E-state index contributed by atoms with van der Waals surface area (Å²) < 4.78 is 25.1. The second kappa shape index (κ2) is 6.29. The lowest BCUT2D eigenvalue weighted by Gasteiger charge is -2.33. The summed E-state index contributed by atoms with van der Waals surface area (Å²) in [6, 6.07) is 1.91. The molecule has 0 unspecified atom stereocenters. The van der Waals surface area contributed by atoms with Crippen LogP contribution in [0.25, 0.3) is 0 Å². The van der Waals surface area contributed by atoms with E-state index >= 15 is 0 Å². The van der Waals surface area contributed by atoms with E-state index in [1.165, 1.54) is 12.6 Å². The lowest BCUT2D eigenvalue weighted by Crippen LogP contribution is -2.43. The fourth-order valence-corrected chi connectivity index (χ4v) is 3.67. The van der Waals surface area contributed by atoms with Gasteiger partial charge < -0.3 is 5.32 Å². The summed E-state index contributed by atoms with van der Waals surface area (Å²) in [6.45, 7) is 1.37. The second-order valence-corrected chi connectivity index (χ2v) is 6.77. The SMILES string of the molecule is CS(=O)(=O)N1CCCC[C@@H]1CCNc1ccncn1. The number of rotatable bonds is 5. The van der Waals surface area contributed by atoms with Crippen molar-refractivity contribution in [2.45, 2.75) is 31.7 Å². The summed E-state index contributed by atoms with van der Waals surface area (Å²) in [5, 5.41) is 3.19. The Morgan fingerprint density at radius 2 is 2.32 bits per heavy atom. The molecule has 106 valence electrons. The van der Waals surface area contributed by atoms with Crippen LogP contribution in [0.1, 0.15) is 25.7 Å². The van der Waals surface area contributed by atoms with Gasteiger partial charge in [0.1, 0.15) is 12.1 Å². The Kier molecular flexibility index (Phi) is 4.71. The fourth-order valence-electron chi connectivity index (χ4n) is 2.46. The lowest BCUT2D eigenvalue weighted by atomic mass is 10.0. The van der Waals surface area contributed by atoms with Crippen LogP contribution in [0.5, 0.6) is 0 Å². The van der Waals surface area contributed by atoms with E-state index in [1.807, 2.05) is 0 Å². The first-order chi connectivity index (χ1) is 9.07. The summed E-state index contributed by atoms with van der Waals surface area (Å²) >= 11 is 0. The van der Waals surface area contributed by atoms with Crippen LogP contribution in [0.15, 0.2) is 18.6 Å². The third kappa shape index (κ3) is 4.14. The molecule has 7 heteroatoms. The van der Waals surface area contributed by atoms with Crippen LogP contribution in [0.4, 0.5) is 5.82 Å². The van der Waals surface area contributed by atoms with Gasteiger partial charge in [-0.2, -0.15) is 4.31 Å². The van der Waals surface area contributed by atoms with Gasteiger partial charge in [0.2, 0.25) is 10.0 Å². The van der Waals surface area contributed by atoms with E-state index in [2.05, 4.69) is 15.3 Å². The van der Waals surface area contributed by atoms with Gasteiger partial charge in [-0.15, -0.1) is 0 Å². The molecule has 1 fully saturated rings. The van der Waals surface area contributed by atoms with Crippen molar-refractivity contribution in [2.75, 3.05) is 24.7 Å². The van der Waals surface area contributed by atoms with Crippen LogP contribution >= 0.6 is 0 Å². The van der Waals surface area contributed by atoms with Gasteiger partial charge >= 0.3 is 0 Å². The molecule has 0 bridgehead atoms. The van der Waals surface area contributed by atoms with Crippen molar-refractivity contribution in [3.63, 3.8) is 0 Å². The number of aromatic nitrogens is 2. The Bertz CT molecular complexity index is 492. The molecule has 0 aromatic carbocycles. The Hall–Kier alpha value is -1.21. The standard InChI is InChI=1S/C12H20N4O2S/c1-19(17,18)16-9-3-2-4-11(16)5-8-14-12-6-7-13-10-15-12/h6-7,10-11H,2-5,8-9H2,1H3,(H,13,14,15)/t11-/m1/s1. The Morgan fingerprint density at radius 1 is 1.47 bits per heavy atom. The first-order valence-corrected chi connectivity index (χ1v) is 8.39. The number of nitrogens with zero attached hydrogens (tertiary/aromatic N) is 3. The minimum atomic E-state index is -3.09. The molecule has 0 saturated carbocycles. The van der Waals surface area contributed by atoms with E-state index in [0.717, 1.165) is 31.5 Å². The number of sulfonamides is 1. The first kappa shape index (κ1) is 14.2. The molecule has 1 aromatic heterocycles. The van der Waals surface area contributed by atoms with E-state index in [0.29, 0.717) is 13.1 Å². The van der Waals surface area contributed by atoms with Gasteiger partial charge in [0.15, 0.2) is 0 Å². The third-order valence-electron chi connectivity index (χ3n) is 3.36. The van der Waals surface area contributed by atoms with E-state index in [1.54, 1.807) is 16.6 Å². The highest BCUT2D eigenvalue weighted by molar-refractivity contribution is 7.88. The molecule has 0 spiro atoms. The van der Waals surface area contributed by atoms with Crippen LogP contribution in [0, 0.1) is 0 Å². The zero-order valence-corrected chi connectivity index (χ0v) is 11.9. The summed E-state index contributed by atoms with van der Waals surface area (Å²) in [5.41, 5.74) is 0. The van der Waals surface area contributed by atoms with Gasteiger partial charge in [-0.1, -0.05) is 6.42 Å². The molecule has 1 saturated heterocycles. The van der Waals surface area contributed by atoms with E-state index in [-0.39, 0.29) is 6.04 Å². The minimum Gasteiger partial charge on any atom is -0.370 e. The number of anilines is 1. The Morgan fingerprint density at radius 3 is 3.00 bits per heavy atom. The third-order valence-corrected chi connectivity index (χ3v) is 4.70. The number of nitrogens with one attached hydrogen (secondary N) is 1. The molecular formula is C12H20N4O2S. The smallest absolute Gasteiger partial charge is 0.211 e. The highest BCUT2D eigenvalue weighted by Gasteiger charge is 2.28. The van der Waals surface area contributed by atoms with Gasteiger partial charge in [-0.05, 0) is 25.3 Å². The largest absolute Gasteiger partial charge is 0.370 e. The van der Waals surface area contributed by atoms with Crippen LogP contribution < -0.4 is 5.32 Å². The molecule has 0 radical (unpaired) electrons. The molecule has 1 N–H and O–H groups in total. The van der Waals surface area contributed by atoms with Gasteiger partial charge in [0.25, 0.3) is 0 Å². The molecular weight excluding hydrogens is 264 g/mol. The maximum atomic E-state index is 11.7. The van der Waals surface area contributed by atoms with E-state index in [4.69, 9.17) is 0 Å². The maximum absolute atomic E-state index is 11.7. The highest BCUT2D eigenvalue weighted by Crippen LogP contribution is 2.22. The molecule has 0 aliphatic carbocycles. The van der Waals surface area contributed by atoms with Crippen LogP contribution in [0.2, 0.25) is 0 Å². The predicted molar refractivity (Wildman–Crippen MR) is 74.3 cm³/mol. The van der Waals surface area contributed by atoms with Crippen molar-refractivity contribution >= 4 is 15.8 Å². The molecule has 1 aromatic rings. The monoisotopic (exact) mass is 284 g/mol. The van der Waals surface area contributed by atoms with Gasteiger partial charge in [-0.3, -0.25) is 0 Å². The normalized spacial score (nSPS) is 21.2. The van der Waals surface area contributed by atoms with E-state index in [9.17, 15) is 8.42 Å². The average Bonchev–Trinajstić information content (AvgIpc) is 2.39. The van der Waals surface area contributed by atoms with Crippen molar-refractivity contribution < 1.29 is 8.42 Å². The molecule has 19 heavy (non-hydrogen) atoms. The zero-order valence-electron chi connectivity index (χ0n) is 11.1. The molecule has 1 aliphatic heterocycles. The first-order valence-electron chi connectivity index (χ1n) is 6.54. The van der Waals surface area contributed by atoms with Crippen LogP contribution in [-0.2, 0) is 10.0 Å². The average molecular weight is 284 g/mol. The van der Waals surface area contributed by atoms with E-state index < -0.39 is 10.0 Å². The summed E-state index contributed by atoms with van der Waals surface area (Å²) in [5.74, 6) is 0.775. The van der Waals surface area contributed by atoms with Crippen LogP contribution in [-0.4, -0.2) is 48.1 Å². The van der Waals surface area contributed by atoms with Gasteiger partial charge in [0.05, 0.1) is 6.26 Å². The maximum Gasteiger partial charge on any atom is 0.211 e. The lowest BCUT2D eigenvalue weighted by molar-refractivity contribution is 0.246. The van der Waals surface area contributed by atoms with Crippen molar-refractivity contribution in [1.82, 2.24) is 14.3 Å². The highest BCUT2D eigenvalue weighted by atomic mass is 32.2. The topological polar surface area (TPSA) is 75.2 Å². The zero-order chi connectivity index (χ0) is 13.7. The predicted octanol–water partition coefficient (Wildman–Crippen LogP) is 1.09. The number of piperidine rings is 1. The van der Waals surface area contributed by atoms with Crippen molar-refractivity contribution in [1.29, 1.82) is 0 Å². The van der Waals surface area contributed by atoms with Crippen molar-refractivity contribution in [3.8, 4) is 0 Å². The van der Waals surface area contributed by atoms with Crippen molar-refractivity contribution in [2.24, 2.45) is 0 Å². The Balaban J connectivity index is 1.87. The second-order valence-electron chi connectivity index (χ2n) is 4.83. The molecule has 1 atom stereocenters. The molecule has 2 rings (SSSR count). The van der Waals surface area contributed by atoms with Crippen LogP contribution in [0.3, 0.4) is 0 Å². The van der Waals surface area contributed by atoms with Crippen molar-refractivity contribution in [3.05, 3.63) is 18.6 Å². The van der Waals surface area contributed by atoms with Gasteiger partial charge in [-0.25, -0.2) is 18.4 Å². The summed E-state index contributed by atoms with van der Waals surface area (Å²) in [6.07, 6.45) is 8.27. The minimum absolute atomic E-state index is 0.109. The molecule has 2 heterocycles. The fraction of sp³-hybridized carbons (Fsp3) is 0.667. The molecule has 0 amide bonds. The quantitative estimate of drug-likeness (QED) is 0.876. The number of hydrogen-bond acceptors (Lipinski definition) is 5. The number of hydrogen-bond donors (Lipinski definition) is 1. The molecule has 6 nitrogen and oxygen atoms in total. The Labute approximate surface area is 114 Å². The molecule has 1 aliphatic rings.